The van der Waals surface area contributed by atoms with E-state index in [1.807, 2.05) is 36.5 Å². The zero-order chi connectivity index (χ0) is 14.5. The molecule has 2 heterocycles. The van der Waals surface area contributed by atoms with Crippen molar-refractivity contribution >= 4 is 11.6 Å². The second kappa shape index (κ2) is 6.54. The first-order chi connectivity index (χ1) is 10.3. The highest BCUT2D eigenvalue weighted by molar-refractivity contribution is 5.92. The fourth-order valence-corrected chi connectivity index (χ4v) is 2.85. The number of rotatable bonds is 4. The average Bonchev–Trinajstić information content (AvgIpc) is 3.02. The minimum Gasteiger partial charge on any atom is -0.348 e. The number of amides is 1. The van der Waals surface area contributed by atoms with E-state index in [9.17, 15) is 4.79 Å². The molecule has 1 aliphatic rings. The Kier molecular flexibility index (Phi) is 4.31. The zero-order valence-electron chi connectivity index (χ0n) is 12.0. The van der Waals surface area contributed by atoms with Gasteiger partial charge in [0.1, 0.15) is 5.82 Å². The fraction of sp³-hybridized carbons (Fsp3) is 0.375. The molecule has 2 aromatic rings. The molecule has 0 radical (unpaired) electrons. The first kappa shape index (κ1) is 13.8. The molecule has 3 rings (SSSR count). The van der Waals surface area contributed by atoms with E-state index in [1.54, 1.807) is 6.20 Å². The van der Waals surface area contributed by atoms with E-state index in [0.717, 1.165) is 37.4 Å². The lowest BCUT2D eigenvalue weighted by molar-refractivity contribution is -0.117. The molecule has 0 saturated carbocycles. The van der Waals surface area contributed by atoms with Crippen molar-refractivity contribution in [2.45, 2.75) is 18.8 Å². The molecule has 110 valence electrons. The molecule has 1 saturated heterocycles. The van der Waals surface area contributed by atoms with Crippen LogP contribution in [0.5, 0.6) is 0 Å². The SMILES string of the molecule is O=C(CN1CCCC(c2ncc[nH]2)C1)Nc1ccccc1. The molecule has 0 spiro atoms. The van der Waals surface area contributed by atoms with Crippen LogP contribution in [0.2, 0.25) is 0 Å². The summed E-state index contributed by atoms with van der Waals surface area (Å²) in [6.45, 7) is 2.29. The summed E-state index contributed by atoms with van der Waals surface area (Å²) in [6, 6.07) is 9.58. The Labute approximate surface area is 124 Å². The molecule has 1 amide bonds. The molecule has 0 bridgehead atoms. The van der Waals surface area contributed by atoms with E-state index >= 15 is 0 Å². The molecule has 1 atom stereocenters. The number of benzene rings is 1. The molecule has 5 heteroatoms. The third-order valence-electron chi connectivity index (χ3n) is 3.84. The molecule has 1 fully saturated rings. The van der Waals surface area contributed by atoms with Crippen LogP contribution in [0.25, 0.3) is 0 Å². The first-order valence-electron chi connectivity index (χ1n) is 7.38. The van der Waals surface area contributed by atoms with Crippen molar-refractivity contribution in [1.82, 2.24) is 14.9 Å². The molecule has 1 aromatic carbocycles. The van der Waals surface area contributed by atoms with E-state index in [-0.39, 0.29) is 5.91 Å². The number of likely N-dealkylation sites (tertiary alicyclic amines) is 1. The number of nitrogens with zero attached hydrogens (tertiary/aromatic N) is 2. The smallest absolute Gasteiger partial charge is 0.238 e. The van der Waals surface area contributed by atoms with Crippen molar-refractivity contribution in [1.29, 1.82) is 0 Å². The molecular formula is C16H20N4O. The third-order valence-corrected chi connectivity index (χ3v) is 3.84. The topological polar surface area (TPSA) is 61.0 Å². The van der Waals surface area contributed by atoms with Gasteiger partial charge in [-0.25, -0.2) is 4.98 Å². The van der Waals surface area contributed by atoms with Crippen LogP contribution < -0.4 is 5.32 Å². The average molecular weight is 284 g/mol. The summed E-state index contributed by atoms with van der Waals surface area (Å²) >= 11 is 0. The van der Waals surface area contributed by atoms with Gasteiger partial charge in [-0.15, -0.1) is 0 Å². The van der Waals surface area contributed by atoms with Gasteiger partial charge in [0.25, 0.3) is 0 Å². The highest BCUT2D eigenvalue weighted by Gasteiger charge is 2.24. The van der Waals surface area contributed by atoms with Gasteiger partial charge in [0.15, 0.2) is 0 Å². The maximum Gasteiger partial charge on any atom is 0.238 e. The van der Waals surface area contributed by atoms with Gasteiger partial charge >= 0.3 is 0 Å². The number of piperidine rings is 1. The standard InChI is InChI=1S/C16H20N4O/c21-15(19-14-6-2-1-3-7-14)12-20-10-4-5-13(11-20)16-17-8-9-18-16/h1-3,6-9,13H,4-5,10-12H2,(H,17,18)(H,19,21). The number of nitrogens with one attached hydrogen (secondary N) is 2. The number of aromatic nitrogens is 2. The summed E-state index contributed by atoms with van der Waals surface area (Å²) < 4.78 is 0. The van der Waals surface area contributed by atoms with E-state index in [0.29, 0.717) is 12.5 Å². The van der Waals surface area contributed by atoms with Crippen molar-refractivity contribution in [2.75, 3.05) is 25.0 Å². The summed E-state index contributed by atoms with van der Waals surface area (Å²) in [6.07, 6.45) is 5.88. The predicted molar refractivity (Wildman–Crippen MR) is 82.1 cm³/mol. The van der Waals surface area contributed by atoms with E-state index in [2.05, 4.69) is 20.2 Å². The van der Waals surface area contributed by atoms with Gasteiger partial charge in [0.05, 0.1) is 6.54 Å². The minimum absolute atomic E-state index is 0.0429. The van der Waals surface area contributed by atoms with Crippen LogP contribution in [0.15, 0.2) is 42.7 Å². The Morgan fingerprint density at radius 3 is 3.00 bits per heavy atom. The van der Waals surface area contributed by atoms with Crippen LogP contribution in [-0.2, 0) is 4.79 Å². The lowest BCUT2D eigenvalue weighted by atomic mass is 9.97. The zero-order valence-corrected chi connectivity index (χ0v) is 12.0. The van der Waals surface area contributed by atoms with Crippen molar-refractivity contribution < 1.29 is 4.79 Å². The Hall–Kier alpha value is -2.14. The van der Waals surface area contributed by atoms with E-state index in [1.165, 1.54) is 0 Å². The summed E-state index contributed by atoms with van der Waals surface area (Å²) in [5.74, 6) is 1.47. The first-order valence-corrected chi connectivity index (χ1v) is 7.38. The molecule has 1 aliphatic heterocycles. The quantitative estimate of drug-likeness (QED) is 0.905. The second-order valence-electron chi connectivity index (χ2n) is 5.46. The Balaban J connectivity index is 1.54. The molecule has 2 N–H and O–H groups in total. The second-order valence-corrected chi connectivity index (χ2v) is 5.46. The molecular weight excluding hydrogens is 264 g/mol. The van der Waals surface area contributed by atoms with Crippen LogP contribution in [0.4, 0.5) is 5.69 Å². The Morgan fingerprint density at radius 1 is 1.38 bits per heavy atom. The number of para-hydroxylation sites is 1. The normalized spacial score (nSPS) is 19.3. The van der Waals surface area contributed by atoms with Gasteiger partial charge in [-0.2, -0.15) is 0 Å². The number of imidazole rings is 1. The maximum absolute atomic E-state index is 12.1. The summed E-state index contributed by atoms with van der Waals surface area (Å²) in [5.41, 5.74) is 0.849. The van der Waals surface area contributed by atoms with Crippen LogP contribution in [-0.4, -0.2) is 40.4 Å². The summed E-state index contributed by atoms with van der Waals surface area (Å²) in [4.78, 5) is 21.8. The third kappa shape index (κ3) is 3.70. The van der Waals surface area contributed by atoms with Crippen molar-refractivity contribution in [2.24, 2.45) is 0 Å². The summed E-state index contributed by atoms with van der Waals surface area (Å²) in [7, 11) is 0. The van der Waals surface area contributed by atoms with Gasteiger partial charge in [-0.1, -0.05) is 18.2 Å². The Morgan fingerprint density at radius 2 is 2.24 bits per heavy atom. The monoisotopic (exact) mass is 284 g/mol. The van der Waals surface area contributed by atoms with Crippen LogP contribution in [0.3, 0.4) is 0 Å². The van der Waals surface area contributed by atoms with Crippen molar-refractivity contribution in [3.63, 3.8) is 0 Å². The number of carbonyl (C=O) groups is 1. The van der Waals surface area contributed by atoms with E-state index in [4.69, 9.17) is 0 Å². The number of H-pyrrole nitrogens is 1. The van der Waals surface area contributed by atoms with Crippen LogP contribution in [0, 0.1) is 0 Å². The van der Waals surface area contributed by atoms with Gasteiger partial charge < -0.3 is 10.3 Å². The predicted octanol–water partition coefficient (Wildman–Crippen LogP) is 2.23. The molecule has 21 heavy (non-hydrogen) atoms. The van der Waals surface area contributed by atoms with Gasteiger partial charge in [0.2, 0.25) is 5.91 Å². The van der Waals surface area contributed by atoms with Crippen molar-refractivity contribution in [3.05, 3.63) is 48.5 Å². The highest BCUT2D eigenvalue weighted by atomic mass is 16.2. The molecule has 0 aliphatic carbocycles. The van der Waals surface area contributed by atoms with Gasteiger partial charge in [-0.05, 0) is 31.5 Å². The lowest BCUT2D eigenvalue weighted by Gasteiger charge is -2.31. The fourth-order valence-electron chi connectivity index (χ4n) is 2.85. The minimum atomic E-state index is 0.0429. The van der Waals surface area contributed by atoms with Gasteiger partial charge in [0, 0.05) is 30.5 Å². The number of anilines is 1. The maximum atomic E-state index is 12.1. The Bertz CT molecular complexity index is 567. The van der Waals surface area contributed by atoms with Crippen LogP contribution >= 0.6 is 0 Å². The van der Waals surface area contributed by atoms with E-state index < -0.39 is 0 Å². The lowest BCUT2D eigenvalue weighted by Crippen LogP contribution is -2.40. The van der Waals surface area contributed by atoms with Gasteiger partial charge in [-0.3, -0.25) is 9.69 Å². The largest absolute Gasteiger partial charge is 0.348 e. The summed E-state index contributed by atoms with van der Waals surface area (Å²) in [5, 5.41) is 2.93. The number of aromatic amines is 1. The number of carbonyl (C=O) groups excluding carboxylic acids is 1. The van der Waals surface area contributed by atoms with Crippen LogP contribution in [0.1, 0.15) is 24.6 Å². The molecule has 1 unspecified atom stereocenters. The molecule has 1 aromatic heterocycles. The molecule has 5 nitrogen and oxygen atoms in total. The number of hydrogen-bond donors (Lipinski definition) is 2. The highest BCUT2D eigenvalue weighted by Crippen LogP contribution is 2.24. The number of hydrogen-bond acceptors (Lipinski definition) is 3. The van der Waals surface area contributed by atoms with Crippen molar-refractivity contribution in [3.8, 4) is 0 Å².